The van der Waals surface area contributed by atoms with E-state index in [-0.39, 0.29) is 11.2 Å². The van der Waals surface area contributed by atoms with Crippen molar-refractivity contribution in [2.75, 3.05) is 31.2 Å². The van der Waals surface area contributed by atoms with E-state index in [4.69, 9.17) is 4.74 Å². The van der Waals surface area contributed by atoms with Crippen LogP contribution in [0, 0.1) is 11.3 Å². The lowest BCUT2D eigenvalue weighted by Crippen LogP contribution is -2.37. The number of nitriles is 1. The van der Waals surface area contributed by atoms with Crippen LogP contribution < -0.4 is 4.90 Å². The van der Waals surface area contributed by atoms with Gasteiger partial charge >= 0.3 is 0 Å². The summed E-state index contributed by atoms with van der Waals surface area (Å²) in [5.74, 6) is 0.0677. The van der Waals surface area contributed by atoms with Crippen LogP contribution in [0.25, 0.3) is 10.9 Å². The van der Waals surface area contributed by atoms with Gasteiger partial charge in [0.1, 0.15) is 0 Å². The second-order valence-corrected chi connectivity index (χ2v) is 8.41. The minimum absolute atomic E-state index is 0.0677. The van der Waals surface area contributed by atoms with E-state index in [1.165, 1.54) is 0 Å². The number of ketones is 1. The molecule has 0 saturated carbocycles. The van der Waals surface area contributed by atoms with Crippen molar-refractivity contribution in [1.29, 1.82) is 5.26 Å². The second-order valence-electron chi connectivity index (χ2n) is 8.41. The first-order valence-corrected chi connectivity index (χ1v) is 9.98. The van der Waals surface area contributed by atoms with E-state index in [0.29, 0.717) is 5.56 Å². The van der Waals surface area contributed by atoms with Gasteiger partial charge in [-0.15, -0.1) is 0 Å². The lowest BCUT2D eigenvalue weighted by atomic mass is 9.71. The van der Waals surface area contributed by atoms with Gasteiger partial charge in [0, 0.05) is 47.9 Å². The molecule has 5 nitrogen and oxygen atoms in total. The Labute approximate surface area is 170 Å². The number of anilines is 1. The smallest absolute Gasteiger partial charge is 0.195 e. The van der Waals surface area contributed by atoms with Gasteiger partial charge in [0.25, 0.3) is 0 Å². The molecule has 0 amide bonds. The topological polar surface area (TPSA) is 58.3 Å². The normalized spacial score (nSPS) is 17.7. The average Bonchev–Trinajstić information content (AvgIpc) is 3.05. The molecule has 1 fully saturated rings. The molecular formula is C24H23N3O2. The summed E-state index contributed by atoms with van der Waals surface area (Å²) < 4.78 is 7.58. The van der Waals surface area contributed by atoms with Crippen LogP contribution in [-0.4, -0.2) is 36.7 Å². The Kier molecular flexibility index (Phi) is 3.84. The number of rotatable bonds is 1. The van der Waals surface area contributed by atoms with Crippen LogP contribution in [0.1, 0.15) is 46.6 Å². The number of ether oxygens (including phenoxy) is 1. The van der Waals surface area contributed by atoms with Crippen LogP contribution in [-0.2, 0) is 17.2 Å². The number of aryl methyl sites for hydroxylation is 1. The first kappa shape index (κ1) is 18.0. The van der Waals surface area contributed by atoms with Gasteiger partial charge in [0.15, 0.2) is 5.78 Å². The minimum Gasteiger partial charge on any atom is -0.378 e. The predicted molar refractivity (Wildman–Crippen MR) is 113 cm³/mol. The zero-order chi connectivity index (χ0) is 20.3. The van der Waals surface area contributed by atoms with Gasteiger partial charge in [-0.25, -0.2) is 0 Å². The minimum atomic E-state index is -0.332. The molecule has 0 N–H and O–H groups in total. The summed E-state index contributed by atoms with van der Waals surface area (Å²) in [5, 5.41) is 10.2. The lowest BCUT2D eigenvalue weighted by Gasteiger charge is -2.36. The quantitative estimate of drug-likeness (QED) is 0.640. The molecule has 5 rings (SSSR count). The summed E-state index contributed by atoms with van der Waals surface area (Å²) in [6, 6.07) is 14.0. The van der Waals surface area contributed by atoms with E-state index in [0.717, 1.165) is 65.3 Å². The zero-order valence-electron chi connectivity index (χ0n) is 17.0. The van der Waals surface area contributed by atoms with Crippen molar-refractivity contribution in [2.45, 2.75) is 19.3 Å². The van der Waals surface area contributed by atoms with Crippen molar-refractivity contribution in [3.63, 3.8) is 0 Å². The summed E-state index contributed by atoms with van der Waals surface area (Å²) in [6.45, 7) is 7.56. The van der Waals surface area contributed by atoms with Crippen LogP contribution in [0.2, 0.25) is 0 Å². The number of hydrogen-bond acceptors (Lipinski definition) is 4. The van der Waals surface area contributed by atoms with Crippen molar-refractivity contribution in [3.8, 4) is 6.07 Å². The number of carbonyl (C=O) groups is 1. The molecule has 0 spiro atoms. The summed E-state index contributed by atoms with van der Waals surface area (Å²) in [4.78, 5) is 15.9. The van der Waals surface area contributed by atoms with E-state index in [1.54, 1.807) is 6.07 Å². The van der Waals surface area contributed by atoms with Crippen LogP contribution in [0.15, 0.2) is 36.4 Å². The maximum Gasteiger partial charge on any atom is 0.195 e. The molecule has 2 aliphatic rings. The summed E-state index contributed by atoms with van der Waals surface area (Å²) in [6.07, 6.45) is 0. The first-order valence-electron chi connectivity index (χ1n) is 9.98. The van der Waals surface area contributed by atoms with Crippen LogP contribution >= 0.6 is 0 Å². The van der Waals surface area contributed by atoms with Crippen molar-refractivity contribution >= 4 is 22.4 Å². The molecule has 0 atom stereocenters. The third kappa shape index (κ3) is 2.46. The SMILES string of the molecule is Cn1c2c(c3ccc(C#N)cc31)C(=O)c1ccc(N3CCOCC3)cc1C2(C)C. The Morgan fingerprint density at radius 2 is 1.86 bits per heavy atom. The van der Waals surface area contributed by atoms with E-state index in [9.17, 15) is 10.1 Å². The third-order valence-electron chi connectivity index (χ3n) is 6.45. The van der Waals surface area contributed by atoms with E-state index in [1.807, 2.05) is 25.2 Å². The maximum absolute atomic E-state index is 13.6. The largest absolute Gasteiger partial charge is 0.378 e. The first-order chi connectivity index (χ1) is 13.9. The summed E-state index contributed by atoms with van der Waals surface area (Å²) in [7, 11) is 1.99. The van der Waals surface area contributed by atoms with Gasteiger partial charge in [-0.2, -0.15) is 5.26 Å². The Morgan fingerprint density at radius 3 is 2.59 bits per heavy atom. The number of hydrogen-bond donors (Lipinski definition) is 0. The molecule has 3 aromatic rings. The van der Waals surface area contributed by atoms with Gasteiger partial charge < -0.3 is 14.2 Å². The summed E-state index contributed by atoms with van der Waals surface area (Å²) in [5.41, 5.74) is 5.96. The van der Waals surface area contributed by atoms with Crippen LogP contribution in [0.5, 0.6) is 0 Å². The van der Waals surface area contributed by atoms with Crippen molar-refractivity contribution in [1.82, 2.24) is 4.57 Å². The third-order valence-corrected chi connectivity index (χ3v) is 6.45. The van der Waals surface area contributed by atoms with Gasteiger partial charge in [0.05, 0.1) is 35.9 Å². The molecule has 2 heterocycles. The molecule has 5 heteroatoms. The number of nitrogens with zero attached hydrogens (tertiary/aromatic N) is 3. The maximum atomic E-state index is 13.6. The van der Waals surface area contributed by atoms with E-state index >= 15 is 0 Å². The molecule has 1 aliphatic heterocycles. The van der Waals surface area contributed by atoms with Gasteiger partial charge in [0.2, 0.25) is 0 Å². The molecule has 1 aromatic heterocycles. The van der Waals surface area contributed by atoms with Gasteiger partial charge in [-0.05, 0) is 35.9 Å². The second kappa shape index (κ2) is 6.20. The fourth-order valence-electron chi connectivity index (χ4n) is 5.00. The lowest BCUT2D eigenvalue weighted by molar-refractivity contribution is 0.103. The Hall–Kier alpha value is -3.10. The molecule has 146 valence electrons. The Bertz CT molecular complexity index is 1210. The van der Waals surface area contributed by atoms with Crippen LogP contribution in [0.4, 0.5) is 5.69 Å². The average molecular weight is 385 g/mol. The van der Waals surface area contributed by atoms with Gasteiger partial charge in [-0.3, -0.25) is 4.79 Å². The molecule has 1 aliphatic carbocycles. The number of carbonyl (C=O) groups excluding carboxylic acids is 1. The Balaban J connectivity index is 1.73. The molecule has 0 bridgehead atoms. The highest BCUT2D eigenvalue weighted by molar-refractivity contribution is 6.20. The molecule has 0 radical (unpaired) electrons. The fourth-order valence-corrected chi connectivity index (χ4v) is 5.00. The van der Waals surface area contributed by atoms with Crippen LogP contribution in [0.3, 0.4) is 0 Å². The Morgan fingerprint density at radius 1 is 1.10 bits per heavy atom. The monoisotopic (exact) mass is 385 g/mol. The highest BCUT2D eigenvalue weighted by Gasteiger charge is 2.41. The number of aromatic nitrogens is 1. The molecule has 0 unspecified atom stereocenters. The summed E-state index contributed by atoms with van der Waals surface area (Å²) >= 11 is 0. The van der Waals surface area contributed by atoms with E-state index < -0.39 is 0 Å². The highest BCUT2D eigenvalue weighted by Crippen LogP contribution is 2.46. The number of benzene rings is 2. The highest BCUT2D eigenvalue weighted by atomic mass is 16.5. The van der Waals surface area contributed by atoms with Crippen molar-refractivity contribution in [3.05, 3.63) is 64.3 Å². The van der Waals surface area contributed by atoms with Gasteiger partial charge in [-0.1, -0.05) is 19.9 Å². The van der Waals surface area contributed by atoms with Crippen molar-refractivity contribution < 1.29 is 9.53 Å². The number of fused-ring (bicyclic) bond motifs is 4. The molecule has 29 heavy (non-hydrogen) atoms. The number of morpholine rings is 1. The molecule has 2 aromatic carbocycles. The fraction of sp³-hybridized carbons (Fsp3) is 0.333. The zero-order valence-corrected chi connectivity index (χ0v) is 17.0. The molecular weight excluding hydrogens is 362 g/mol. The van der Waals surface area contributed by atoms with E-state index in [2.05, 4.69) is 41.5 Å². The predicted octanol–water partition coefficient (Wildman–Crippen LogP) is 3.76. The molecule has 1 saturated heterocycles. The standard InChI is InChI=1S/C24H23N3O2/c1-24(2)19-13-16(27-8-10-29-11-9-27)5-7-17(19)22(28)21-18-6-4-15(14-25)12-20(18)26(3)23(21)24/h4-7,12-13H,8-11H2,1-3H3. The van der Waals surface area contributed by atoms with Crippen molar-refractivity contribution in [2.24, 2.45) is 7.05 Å².